The summed E-state index contributed by atoms with van der Waals surface area (Å²) in [4.78, 5) is 0. The smallest absolute Gasteiger partial charge is 0.201 e. The van der Waals surface area contributed by atoms with Gasteiger partial charge < -0.3 is 9.94 Å². The quantitative estimate of drug-likeness (QED) is 0.473. The van der Waals surface area contributed by atoms with Crippen LogP contribution in [0.3, 0.4) is 0 Å². The van der Waals surface area contributed by atoms with E-state index in [1.807, 2.05) is 0 Å². The molecule has 0 radical (unpaired) electrons. The lowest BCUT2D eigenvalue weighted by Crippen LogP contribution is -2.01. The highest BCUT2D eigenvalue weighted by molar-refractivity contribution is 6.69. The maximum Gasteiger partial charge on any atom is 0.201 e. The van der Waals surface area contributed by atoms with Crippen LogP contribution >= 0.6 is 11.6 Å². The van der Waals surface area contributed by atoms with Crippen molar-refractivity contribution in [2.24, 2.45) is 5.16 Å². The van der Waals surface area contributed by atoms with Gasteiger partial charge in [-0.1, -0.05) is 16.8 Å². The third-order valence-corrected chi connectivity index (χ3v) is 1.86. The Morgan fingerprint density at radius 2 is 2.07 bits per heavy atom. The van der Waals surface area contributed by atoms with Crippen molar-refractivity contribution in [1.29, 1.82) is 0 Å². The van der Waals surface area contributed by atoms with Crippen LogP contribution in [-0.4, -0.2) is 17.5 Å². The second kappa shape index (κ2) is 4.23. The summed E-state index contributed by atoms with van der Waals surface area (Å²) in [6.45, 7) is 0. The van der Waals surface area contributed by atoms with E-state index in [2.05, 4.69) is 9.89 Å². The zero-order chi connectivity index (χ0) is 10.7. The summed E-state index contributed by atoms with van der Waals surface area (Å²) >= 11 is 5.32. The molecule has 0 spiro atoms. The second-order valence-electron chi connectivity index (χ2n) is 2.33. The number of methoxy groups -OCH3 is 1. The summed E-state index contributed by atoms with van der Waals surface area (Å²) in [5.74, 6) is -2.63. The Labute approximate surface area is 83.6 Å². The molecule has 0 saturated carbocycles. The van der Waals surface area contributed by atoms with Crippen molar-refractivity contribution >= 4 is 16.8 Å². The van der Waals surface area contributed by atoms with Gasteiger partial charge in [0.15, 0.2) is 16.7 Å². The Kier molecular flexibility index (Phi) is 3.24. The first kappa shape index (κ1) is 10.7. The van der Waals surface area contributed by atoms with E-state index < -0.39 is 16.8 Å². The fourth-order valence-corrected chi connectivity index (χ4v) is 1.05. The zero-order valence-corrected chi connectivity index (χ0v) is 7.85. The number of ether oxygens (including phenoxy) is 1. The fraction of sp³-hybridized carbons (Fsp3) is 0.125. The molecule has 6 heteroatoms. The van der Waals surface area contributed by atoms with Crippen molar-refractivity contribution in [3.8, 4) is 5.75 Å². The van der Waals surface area contributed by atoms with Crippen LogP contribution in [-0.2, 0) is 0 Å². The van der Waals surface area contributed by atoms with E-state index in [1.54, 1.807) is 0 Å². The molecule has 0 aromatic heterocycles. The maximum absolute atomic E-state index is 13.2. The summed E-state index contributed by atoms with van der Waals surface area (Å²) in [6, 6.07) is 2.33. The summed E-state index contributed by atoms with van der Waals surface area (Å²) in [7, 11) is 1.21. The number of hydrogen-bond acceptors (Lipinski definition) is 3. The van der Waals surface area contributed by atoms with E-state index in [4.69, 9.17) is 16.8 Å². The number of hydrogen-bond donors (Lipinski definition) is 1. The average molecular weight is 222 g/mol. The van der Waals surface area contributed by atoms with Crippen molar-refractivity contribution in [2.45, 2.75) is 0 Å². The molecule has 0 bridgehead atoms. The maximum atomic E-state index is 13.2. The minimum absolute atomic E-state index is 0.242. The lowest BCUT2D eigenvalue weighted by atomic mass is 10.2. The molecular weight excluding hydrogens is 216 g/mol. The number of nitrogens with zero attached hydrogens (tertiary/aromatic N) is 1. The monoisotopic (exact) mass is 221 g/mol. The molecule has 0 unspecified atom stereocenters. The van der Waals surface area contributed by atoms with Crippen LogP contribution in [0.2, 0.25) is 0 Å². The van der Waals surface area contributed by atoms with E-state index in [9.17, 15) is 8.78 Å². The Balaban J connectivity index is 3.31. The van der Waals surface area contributed by atoms with Gasteiger partial charge >= 0.3 is 0 Å². The van der Waals surface area contributed by atoms with Crippen molar-refractivity contribution < 1.29 is 18.7 Å². The number of rotatable bonds is 2. The van der Waals surface area contributed by atoms with Crippen molar-refractivity contribution in [2.75, 3.05) is 7.11 Å². The molecule has 0 atom stereocenters. The van der Waals surface area contributed by atoms with Gasteiger partial charge in [-0.25, -0.2) is 4.39 Å². The third kappa shape index (κ3) is 1.77. The minimum Gasteiger partial charge on any atom is -0.494 e. The third-order valence-electron chi connectivity index (χ3n) is 1.58. The van der Waals surface area contributed by atoms with Gasteiger partial charge in [-0.2, -0.15) is 4.39 Å². The number of oxime groups is 1. The summed E-state index contributed by atoms with van der Waals surface area (Å²) in [5.41, 5.74) is -0.326. The Morgan fingerprint density at radius 1 is 1.43 bits per heavy atom. The van der Waals surface area contributed by atoms with Gasteiger partial charge in [0.25, 0.3) is 0 Å². The number of benzene rings is 1. The van der Waals surface area contributed by atoms with Gasteiger partial charge in [0.05, 0.1) is 12.7 Å². The molecule has 0 aliphatic carbocycles. The average Bonchev–Trinajstić information content (AvgIpc) is 2.21. The van der Waals surface area contributed by atoms with Crippen LogP contribution in [0.25, 0.3) is 0 Å². The molecule has 1 aromatic carbocycles. The normalized spacial score (nSPS) is 11.6. The number of halogens is 3. The molecule has 0 aliphatic rings. The van der Waals surface area contributed by atoms with E-state index in [0.29, 0.717) is 0 Å². The Morgan fingerprint density at radius 3 is 2.57 bits per heavy atom. The van der Waals surface area contributed by atoms with Crippen molar-refractivity contribution in [3.63, 3.8) is 0 Å². The second-order valence-corrected chi connectivity index (χ2v) is 2.69. The zero-order valence-electron chi connectivity index (χ0n) is 7.09. The minimum atomic E-state index is -1.22. The van der Waals surface area contributed by atoms with Gasteiger partial charge in [-0.15, -0.1) is 0 Å². The van der Waals surface area contributed by atoms with E-state index in [1.165, 1.54) is 13.2 Å². The van der Waals surface area contributed by atoms with E-state index >= 15 is 0 Å². The summed E-state index contributed by atoms with van der Waals surface area (Å²) in [6.07, 6.45) is 0. The van der Waals surface area contributed by atoms with Crippen LogP contribution in [0.1, 0.15) is 5.56 Å². The standard InChI is InChI=1S/C8H6ClF2NO2/c1-14-5-3-2-4(8(9)12-13)6(10)7(5)11/h2-3,13H,1H3/b12-8+. The highest BCUT2D eigenvalue weighted by Gasteiger charge is 2.16. The molecule has 0 heterocycles. The molecule has 1 rings (SSSR count). The first-order valence-electron chi connectivity index (χ1n) is 3.51. The van der Waals surface area contributed by atoms with Crippen LogP contribution in [0, 0.1) is 11.6 Å². The molecule has 1 N–H and O–H groups in total. The molecule has 0 aliphatic heterocycles. The highest BCUT2D eigenvalue weighted by Crippen LogP contribution is 2.23. The van der Waals surface area contributed by atoms with E-state index in [0.717, 1.165) is 6.07 Å². The molecule has 14 heavy (non-hydrogen) atoms. The van der Waals surface area contributed by atoms with Gasteiger partial charge in [0.2, 0.25) is 5.82 Å². The Hall–Kier alpha value is -1.36. The van der Waals surface area contributed by atoms with E-state index in [-0.39, 0.29) is 11.3 Å². The van der Waals surface area contributed by atoms with Gasteiger partial charge in [-0.05, 0) is 12.1 Å². The first-order chi connectivity index (χ1) is 6.61. The first-order valence-corrected chi connectivity index (χ1v) is 3.89. The largest absolute Gasteiger partial charge is 0.494 e. The fourth-order valence-electron chi connectivity index (χ4n) is 0.903. The molecular formula is C8H6ClF2NO2. The van der Waals surface area contributed by atoms with Gasteiger partial charge in [-0.3, -0.25) is 0 Å². The summed E-state index contributed by atoms with van der Waals surface area (Å²) in [5, 5.41) is 10.3. The van der Waals surface area contributed by atoms with Crippen LogP contribution in [0.15, 0.2) is 17.3 Å². The molecule has 76 valence electrons. The van der Waals surface area contributed by atoms with Crippen LogP contribution < -0.4 is 4.74 Å². The Bertz CT molecular complexity index is 382. The predicted octanol–water partition coefficient (Wildman–Crippen LogP) is 2.35. The molecule has 0 amide bonds. The molecule has 1 aromatic rings. The van der Waals surface area contributed by atoms with Crippen LogP contribution in [0.4, 0.5) is 8.78 Å². The lowest BCUT2D eigenvalue weighted by Gasteiger charge is -2.04. The van der Waals surface area contributed by atoms with Gasteiger partial charge in [0, 0.05) is 0 Å². The van der Waals surface area contributed by atoms with Crippen LogP contribution in [0.5, 0.6) is 5.75 Å². The summed E-state index contributed by atoms with van der Waals surface area (Å²) < 4.78 is 30.8. The van der Waals surface area contributed by atoms with Gasteiger partial charge in [0.1, 0.15) is 0 Å². The molecule has 0 saturated heterocycles. The SMILES string of the molecule is COc1ccc(/C(Cl)=N\O)c(F)c1F. The van der Waals surface area contributed by atoms with Crippen molar-refractivity contribution in [1.82, 2.24) is 0 Å². The lowest BCUT2D eigenvalue weighted by molar-refractivity contribution is 0.320. The molecule has 0 fully saturated rings. The molecule has 3 nitrogen and oxygen atoms in total. The topological polar surface area (TPSA) is 41.8 Å². The highest BCUT2D eigenvalue weighted by atomic mass is 35.5. The van der Waals surface area contributed by atoms with Crippen molar-refractivity contribution in [3.05, 3.63) is 29.3 Å². The predicted molar refractivity (Wildman–Crippen MR) is 47.1 cm³/mol.